The maximum atomic E-state index is 11.7. The highest BCUT2D eigenvalue weighted by Gasteiger charge is 2.23. The van der Waals surface area contributed by atoms with Crippen LogP contribution in [0.3, 0.4) is 0 Å². The second-order valence-electron chi connectivity index (χ2n) is 5.54. The first-order chi connectivity index (χ1) is 10.5. The van der Waals surface area contributed by atoms with Gasteiger partial charge >= 0.3 is 5.97 Å². The van der Waals surface area contributed by atoms with E-state index in [9.17, 15) is 19.8 Å². The van der Waals surface area contributed by atoms with Crippen molar-refractivity contribution in [1.29, 1.82) is 0 Å². The highest BCUT2D eigenvalue weighted by molar-refractivity contribution is 7.98. The Hall–Kier alpha value is -1.47. The quantitative estimate of drug-likeness (QED) is 0.791. The van der Waals surface area contributed by atoms with Gasteiger partial charge in [0.05, 0.1) is 6.20 Å². The zero-order valence-electron chi connectivity index (χ0n) is 12.7. The molecule has 122 valence electrons. The molecule has 0 amide bonds. The van der Waals surface area contributed by atoms with Crippen LogP contribution in [0.5, 0.6) is 5.75 Å². The molecular formula is C15H22N2O4S. The van der Waals surface area contributed by atoms with E-state index >= 15 is 0 Å². The number of rotatable bonds is 7. The zero-order valence-corrected chi connectivity index (χ0v) is 13.5. The third kappa shape index (κ3) is 4.04. The molecule has 0 aromatic carbocycles. The molecule has 1 aromatic heterocycles. The lowest BCUT2D eigenvalue weighted by Crippen LogP contribution is -2.28. The summed E-state index contributed by atoms with van der Waals surface area (Å²) < 4.78 is 1.55. The summed E-state index contributed by atoms with van der Waals surface area (Å²) in [5, 5.41) is 19.2. The molecule has 1 unspecified atom stereocenters. The molecule has 0 spiro atoms. The van der Waals surface area contributed by atoms with Crippen LogP contribution in [0.25, 0.3) is 0 Å². The molecular weight excluding hydrogens is 304 g/mol. The fourth-order valence-corrected chi connectivity index (χ4v) is 3.24. The third-order valence-corrected chi connectivity index (χ3v) is 4.59. The van der Waals surface area contributed by atoms with Crippen molar-refractivity contribution in [2.45, 2.75) is 31.8 Å². The van der Waals surface area contributed by atoms with Crippen LogP contribution in [0.15, 0.2) is 17.1 Å². The van der Waals surface area contributed by atoms with Crippen LogP contribution in [0.4, 0.5) is 0 Å². The van der Waals surface area contributed by atoms with Crippen molar-refractivity contribution in [3.8, 4) is 5.75 Å². The van der Waals surface area contributed by atoms with Gasteiger partial charge in [0.15, 0.2) is 5.75 Å². The molecule has 1 aliphatic rings. The molecule has 7 heteroatoms. The average Bonchev–Trinajstić information content (AvgIpc) is 2.96. The fourth-order valence-electron chi connectivity index (χ4n) is 2.78. The van der Waals surface area contributed by atoms with Gasteiger partial charge in [-0.05, 0) is 44.4 Å². The highest BCUT2D eigenvalue weighted by Crippen LogP contribution is 2.21. The summed E-state index contributed by atoms with van der Waals surface area (Å²) in [4.78, 5) is 25.5. The first kappa shape index (κ1) is 16.9. The van der Waals surface area contributed by atoms with Crippen molar-refractivity contribution >= 4 is 17.7 Å². The zero-order chi connectivity index (χ0) is 16.1. The number of aromatic hydroxyl groups is 1. The minimum absolute atomic E-state index is 0.402. The maximum absolute atomic E-state index is 11.7. The van der Waals surface area contributed by atoms with Crippen LogP contribution < -0.4 is 5.43 Å². The number of carboxylic acid groups (broad SMARTS) is 1. The largest absolute Gasteiger partial charge is 0.503 e. The highest BCUT2D eigenvalue weighted by atomic mass is 32.2. The van der Waals surface area contributed by atoms with Gasteiger partial charge in [0.25, 0.3) is 0 Å². The first-order valence-corrected chi connectivity index (χ1v) is 8.80. The fraction of sp³-hybridized carbons (Fsp3) is 0.600. The third-order valence-electron chi connectivity index (χ3n) is 3.94. The van der Waals surface area contributed by atoms with Crippen molar-refractivity contribution in [2.75, 3.05) is 25.1 Å². The topological polar surface area (TPSA) is 82.8 Å². The number of hydrogen-bond acceptors (Lipinski definition) is 5. The van der Waals surface area contributed by atoms with Gasteiger partial charge in [-0.3, -0.25) is 9.69 Å². The van der Waals surface area contributed by atoms with Gasteiger partial charge in [0.1, 0.15) is 6.04 Å². The summed E-state index contributed by atoms with van der Waals surface area (Å²) in [6.45, 7) is 2.45. The Labute approximate surface area is 133 Å². The Bertz CT molecular complexity index is 581. The van der Waals surface area contributed by atoms with E-state index in [1.165, 1.54) is 12.3 Å². The predicted octanol–water partition coefficient (Wildman–Crippen LogP) is 1.53. The summed E-state index contributed by atoms with van der Waals surface area (Å²) in [7, 11) is 0. The number of likely N-dealkylation sites (tertiary alicyclic amines) is 1. The van der Waals surface area contributed by atoms with Crippen LogP contribution in [-0.4, -0.2) is 50.7 Å². The van der Waals surface area contributed by atoms with Gasteiger partial charge in [-0.2, -0.15) is 11.8 Å². The summed E-state index contributed by atoms with van der Waals surface area (Å²) >= 11 is 1.58. The smallest absolute Gasteiger partial charge is 0.326 e. The second-order valence-corrected chi connectivity index (χ2v) is 6.53. The number of pyridine rings is 1. The minimum atomic E-state index is -0.945. The molecule has 6 nitrogen and oxygen atoms in total. The van der Waals surface area contributed by atoms with Gasteiger partial charge in [-0.1, -0.05) is 0 Å². The van der Waals surface area contributed by atoms with E-state index in [4.69, 9.17) is 0 Å². The number of aromatic nitrogens is 1. The van der Waals surface area contributed by atoms with Crippen molar-refractivity contribution in [1.82, 2.24) is 9.47 Å². The molecule has 2 rings (SSSR count). The van der Waals surface area contributed by atoms with Crippen LogP contribution >= 0.6 is 11.8 Å². The molecule has 0 bridgehead atoms. The van der Waals surface area contributed by atoms with Gasteiger partial charge in [-0.25, -0.2) is 4.79 Å². The molecule has 1 saturated heterocycles. The van der Waals surface area contributed by atoms with Gasteiger partial charge in [0.2, 0.25) is 5.43 Å². The van der Waals surface area contributed by atoms with Crippen LogP contribution in [0.1, 0.15) is 31.0 Å². The monoisotopic (exact) mass is 326 g/mol. The van der Waals surface area contributed by atoms with Crippen molar-refractivity contribution in [3.05, 3.63) is 28.2 Å². The Morgan fingerprint density at radius 1 is 1.41 bits per heavy atom. The number of carbonyl (C=O) groups is 1. The molecule has 1 aromatic rings. The Morgan fingerprint density at radius 3 is 2.68 bits per heavy atom. The van der Waals surface area contributed by atoms with E-state index < -0.39 is 23.2 Å². The SMILES string of the molecule is CSCCC(C(=O)O)n1cc(O)c(=O)cc1CN1CCCC1. The van der Waals surface area contributed by atoms with Gasteiger partial charge < -0.3 is 14.8 Å². The Morgan fingerprint density at radius 2 is 2.09 bits per heavy atom. The van der Waals surface area contributed by atoms with E-state index in [2.05, 4.69) is 4.90 Å². The van der Waals surface area contributed by atoms with E-state index in [0.717, 1.165) is 25.9 Å². The molecule has 0 saturated carbocycles. The van der Waals surface area contributed by atoms with Crippen molar-refractivity contribution in [3.63, 3.8) is 0 Å². The van der Waals surface area contributed by atoms with E-state index in [1.807, 2.05) is 6.26 Å². The molecule has 1 fully saturated rings. The normalized spacial score (nSPS) is 16.8. The van der Waals surface area contributed by atoms with Gasteiger partial charge in [0, 0.05) is 18.3 Å². The van der Waals surface area contributed by atoms with E-state index in [0.29, 0.717) is 24.4 Å². The lowest BCUT2D eigenvalue weighted by molar-refractivity contribution is -0.141. The number of carboxylic acids is 1. The summed E-state index contributed by atoms with van der Waals surface area (Å²) in [6.07, 6.45) is 5.89. The number of nitrogens with zero attached hydrogens (tertiary/aromatic N) is 2. The lowest BCUT2D eigenvalue weighted by Gasteiger charge is -2.23. The van der Waals surface area contributed by atoms with Crippen LogP contribution in [-0.2, 0) is 11.3 Å². The summed E-state index contributed by atoms with van der Waals surface area (Å²) in [5.74, 6) is -0.646. The van der Waals surface area contributed by atoms with E-state index in [1.54, 1.807) is 16.3 Å². The number of hydrogen-bond donors (Lipinski definition) is 2. The summed E-state index contributed by atoms with van der Waals surface area (Å²) in [6, 6.07) is 0.597. The molecule has 2 N–H and O–H groups in total. The van der Waals surface area contributed by atoms with E-state index in [-0.39, 0.29) is 0 Å². The minimum Gasteiger partial charge on any atom is -0.503 e. The first-order valence-electron chi connectivity index (χ1n) is 7.41. The van der Waals surface area contributed by atoms with Crippen LogP contribution in [0.2, 0.25) is 0 Å². The maximum Gasteiger partial charge on any atom is 0.326 e. The van der Waals surface area contributed by atoms with Crippen molar-refractivity contribution < 1.29 is 15.0 Å². The molecule has 22 heavy (non-hydrogen) atoms. The van der Waals surface area contributed by atoms with Crippen LogP contribution in [0, 0.1) is 0 Å². The standard InChI is InChI=1S/C15H22N2O4S/c1-22-7-4-12(15(20)21)17-10-14(19)13(18)8-11(17)9-16-5-2-3-6-16/h8,10,12,19H,2-7,9H2,1H3,(H,20,21). The van der Waals surface area contributed by atoms with Gasteiger partial charge in [-0.15, -0.1) is 0 Å². The second kappa shape index (κ2) is 7.69. The van der Waals surface area contributed by atoms with Crippen molar-refractivity contribution in [2.24, 2.45) is 0 Å². The predicted molar refractivity (Wildman–Crippen MR) is 86.5 cm³/mol. The molecule has 0 radical (unpaired) electrons. The Balaban J connectivity index is 2.35. The molecule has 0 aliphatic carbocycles. The molecule has 1 aliphatic heterocycles. The number of aliphatic carboxylic acids is 1. The molecule has 1 atom stereocenters. The lowest BCUT2D eigenvalue weighted by atomic mass is 10.2. The molecule has 2 heterocycles. The average molecular weight is 326 g/mol. The number of thioether (sulfide) groups is 1. The Kier molecular flexibility index (Phi) is 5.90. The summed E-state index contributed by atoms with van der Waals surface area (Å²) in [5.41, 5.74) is 0.192.